The summed E-state index contributed by atoms with van der Waals surface area (Å²) in [5.74, 6) is -0.178. The maximum Gasteiger partial charge on any atom is 0.324 e. The molecule has 1 rings (SSSR count). The molecule has 0 aromatic carbocycles. The number of rotatable bonds is 1. The first kappa shape index (κ1) is 10.9. The third-order valence-corrected chi connectivity index (χ3v) is 3.53. The SMILES string of the molecule is COC(=O)C1NC(C)(C)SC1(C)C. The molecule has 76 valence electrons. The molecule has 1 atom stereocenters. The van der Waals surface area contributed by atoms with Gasteiger partial charge in [0.1, 0.15) is 6.04 Å². The fourth-order valence-corrected chi connectivity index (χ4v) is 3.49. The van der Waals surface area contributed by atoms with Gasteiger partial charge in [-0.1, -0.05) is 0 Å². The Morgan fingerprint density at radius 3 is 2.23 bits per heavy atom. The number of esters is 1. The second-order valence-corrected chi connectivity index (χ2v) is 6.59. The number of nitrogens with one attached hydrogen (secondary N) is 1. The molecule has 0 amide bonds. The molecule has 0 aliphatic carbocycles. The predicted molar refractivity (Wildman–Crippen MR) is 54.7 cm³/mol. The number of hydrogen-bond donors (Lipinski definition) is 1. The van der Waals surface area contributed by atoms with Gasteiger partial charge in [0.2, 0.25) is 0 Å². The summed E-state index contributed by atoms with van der Waals surface area (Å²) < 4.78 is 4.65. The molecule has 0 spiro atoms. The Morgan fingerprint density at radius 1 is 1.38 bits per heavy atom. The van der Waals surface area contributed by atoms with Crippen molar-refractivity contribution in [3.8, 4) is 0 Å². The first-order valence-electron chi connectivity index (χ1n) is 4.34. The number of methoxy groups -OCH3 is 1. The lowest BCUT2D eigenvalue weighted by molar-refractivity contribution is -0.143. The van der Waals surface area contributed by atoms with Crippen molar-refractivity contribution in [3.05, 3.63) is 0 Å². The van der Waals surface area contributed by atoms with Gasteiger partial charge in [0.15, 0.2) is 0 Å². The van der Waals surface area contributed by atoms with Crippen LogP contribution in [0.1, 0.15) is 27.7 Å². The number of carbonyl (C=O) groups excluding carboxylic acids is 1. The quantitative estimate of drug-likeness (QED) is 0.653. The summed E-state index contributed by atoms with van der Waals surface area (Å²) in [6.45, 7) is 8.26. The van der Waals surface area contributed by atoms with Crippen LogP contribution in [0.25, 0.3) is 0 Å². The molecule has 0 saturated carbocycles. The van der Waals surface area contributed by atoms with Crippen molar-refractivity contribution in [3.63, 3.8) is 0 Å². The minimum atomic E-state index is -0.211. The molecule has 1 heterocycles. The summed E-state index contributed by atoms with van der Waals surface area (Å²) in [5.41, 5.74) is 0. The molecule has 3 nitrogen and oxygen atoms in total. The zero-order chi connectivity index (χ0) is 10.3. The smallest absolute Gasteiger partial charge is 0.324 e. The highest BCUT2D eigenvalue weighted by Gasteiger charge is 2.49. The Kier molecular flexibility index (Phi) is 2.65. The lowest BCUT2D eigenvalue weighted by atomic mass is 10.0. The van der Waals surface area contributed by atoms with Gasteiger partial charge in [-0.15, -0.1) is 11.8 Å². The normalized spacial score (nSPS) is 30.1. The van der Waals surface area contributed by atoms with E-state index in [1.54, 1.807) is 11.8 Å². The van der Waals surface area contributed by atoms with Crippen molar-refractivity contribution in [2.45, 2.75) is 43.4 Å². The van der Waals surface area contributed by atoms with E-state index in [0.717, 1.165) is 0 Å². The Morgan fingerprint density at radius 2 is 1.92 bits per heavy atom. The standard InChI is InChI=1S/C9H17NO2S/c1-8(2)6(7(11)12-5)10-9(3,4)13-8/h6,10H,1-5H3. The molecule has 1 aliphatic rings. The highest BCUT2D eigenvalue weighted by atomic mass is 32.2. The van der Waals surface area contributed by atoms with E-state index in [1.807, 2.05) is 0 Å². The average Bonchev–Trinajstić information content (AvgIpc) is 2.17. The summed E-state index contributed by atoms with van der Waals surface area (Å²) in [5, 5.41) is 3.26. The van der Waals surface area contributed by atoms with Crippen LogP contribution in [0.5, 0.6) is 0 Å². The van der Waals surface area contributed by atoms with Crippen molar-refractivity contribution in [1.82, 2.24) is 5.32 Å². The van der Waals surface area contributed by atoms with Crippen molar-refractivity contribution < 1.29 is 9.53 Å². The van der Waals surface area contributed by atoms with Crippen LogP contribution in [0, 0.1) is 0 Å². The first-order chi connectivity index (χ1) is 5.78. The molecule has 0 aromatic heterocycles. The Hall–Kier alpha value is -0.220. The van der Waals surface area contributed by atoms with Crippen molar-refractivity contribution in [2.24, 2.45) is 0 Å². The third kappa shape index (κ3) is 2.17. The van der Waals surface area contributed by atoms with E-state index in [1.165, 1.54) is 7.11 Å². The monoisotopic (exact) mass is 203 g/mol. The minimum absolute atomic E-state index is 0.0532. The molecule has 1 fully saturated rings. The van der Waals surface area contributed by atoms with E-state index in [0.29, 0.717) is 0 Å². The summed E-state index contributed by atoms with van der Waals surface area (Å²) in [6.07, 6.45) is 0. The molecule has 1 unspecified atom stereocenters. The maximum atomic E-state index is 11.4. The molecule has 1 aliphatic heterocycles. The molecular formula is C9H17NO2S. The van der Waals surface area contributed by atoms with Crippen LogP contribution in [0.2, 0.25) is 0 Å². The molecule has 1 N–H and O–H groups in total. The van der Waals surface area contributed by atoms with Gasteiger partial charge >= 0.3 is 5.97 Å². The molecule has 4 heteroatoms. The van der Waals surface area contributed by atoms with Crippen molar-refractivity contribution in [1.29, 1.82) is 0 Å². The van der Waals surface area contributed by atoms with E-state index in [4.69, 9.17) is 4.74 Å². The Bertz CT molecular complexity index is 226. The first-order valence-corrected chi connectivity index (χ1v) is 5.16. The summed E-state index contributed by atoms with van der Waals surface area (Å²) in [7, 11) is 1.43. The zero-order valence-electron chi connectivity index (χ0n) is 8.80. The van der Waals surface area contributed by atoms with Crippen LogP contribution in [0.4, 0.5) is 0 Å². The van der Waals surface area contributed by atoms with E-state index in [-0.39, 0.29) is 21.6 Å². The number of hydrogen-bond acceptors (Lipinski definition) is 4. The number of carbonyl (C=O) groups is 1. The van der Waals surface area contributed by atoms with Gasteiger partial charge in [0.25, 0.3) is 0 Å². The Balaban J connectivity index is 2.82. The predicted octanol–water partition coefficient (Wildman–Crippen LogP) is 1.38. The maximum absolute atomic E-state index is 11.4. The highest BCUT2D eigenvalue weighted by molar-refractivity contribution is 8.02. The van der Waals surface area contributed by atoms with Crippen LogP contribution in [-0.4, -0.2) is 28.7 Å². The topological polar surface area (TPSA) is 38.3 Å². The number of thioether (sulfide) groups is 1. The van der Waals surface area contributed by atoms with Gasteiger partial charge < -0.3 is 4.74 Å². The second-order valence-electron chi connectivity index (χ2n) is 4.32. The van der Waals surface area contributed by atoms with Gasteiger partial charge in [-0.05, 0) is 27.7 Å². The molecule has 13 heavy (non-hydrogen) atoms. The highest BCUT2D eigenvalue weighted by Crippen LogP contribution is 2.44. The van der Waals surface area contributed by atoms with E-state index < -0.39 is 0 Å². The van der Waals surface area contributed by atoms with Gasteiger partial charge in [-0.3, -0.25) is 10.1 Å². The fourth-order valence-electron chi connectivity index (χ4n) is 1.73. The van der Waals surface area contributed by atoms with Crippen LogP contribution in [-0.2, 0) is 9.53 Å². The fraction of sp³-hybridized carbons (Fsp3) is 0.889. The summed E-state index contributed by atoms with van der Waals surface area (Å²) in [6, 6.07) is -0.211. The van der Waals surface area contributed by atoms with E-state index >= 15 is 0 Å². The van der Waals surface area contributed by atoms with Crippen molar-refractivity contribution in [2.75, 3.05) is 7.11 Å². The minimum Gasteiger partial charge on any atom is -0.468 e. The summed E-state index contributed by atoms with van der Waals surface area (Å²) >= 11 is 1.76. The van der Waals surface area contributed by atoms with Crippen LogP contribution >= 0.6 is 11.8 Å². The lowest BCUT2D eigenvalue weighted by Gasteiger charge is -2.22. The average molecular weight is 203 g/mol. The van der Waals surface area contributed by atoms with E-state index in [9.17, 15) is 4.79 Å². The van der Waals surface area contributed by atoms with Gasteiger partial charge in [-0.25, -0.2) is 0 Å². The third-order valence-electron chi connectivity index (χ3n) is 2.14. The zero-order valence-corrected chi connectivity index (χ0v) is 9.62. The lowest BCUT2D eigenvalue weighted by Crippen LogP contribution is -2.47. The molecular weight excluding hydrogens is 186 g/mol. The van der Waals surface area contributed by atoms with Gasteiger partial charge in [0, 0.05) is 4.75 Å². The largest absolute Gasteiger partial charge is 0.468 e. The van der Waals surface area contributed by atoms with Crippen LogP contribution in [0.3, 0.4) is 0 Å². The Labute approximate surface area is 83.6 Å². The molecule has 0 aromatic rings. The van der Waals surface area contributed by atoms with E-state index in [2.05, 4.69) is 33.0 Å². The second kappa shape index (κ2) is 3.17. The molecule has 1 saturated heterocycles. The van der Waals surface area contributed by atoms with Crippen molar-refractivity contribution >= 4 is 17.7 Å². The van der Waals surface area contributed by atoms with Gasteiger partial charge in [-0.2, -0.15) is 0 Å². The van der Waals surface area contributed by atoms with Gasteiger partial charge in [0.05, 0.1) is 12.0 Å². The van der Waals surface area contributed by atoms with Crippen LogP contribution < -0.4 is 5.32 Å². The van der Waals surface area contributed by atoms with Crippen LogP contribution in [0.15, 0.2) is 0 Å². The summed E-state index contributed by atoms with van der Waals surface area (Å²) in [4.78, 5) is 11.4. The molecule has 0 radical (unpaired) electrons. The molecule has 0 bridgehead atoms. The number of ether oxygens (including phenoxy) is 1.